The number of thiazole rings is 1. The van der Waals surface area contributed by atoms with Crippen LogP contribution in [-0.2, 0) is 20.2 Å². The molecule has 2 aromatic rings. The number of fused-ring (bicyclic) bond motifs is 1. The molecule has 1 N–H and O–H groups in total. The van der Waals surface area contributed by atoms with Crippen LogP contribution in [0.5, 0.6) is 0 Å². The van der Waals surface area contributed by atoms with Gasteiger partial charge in [0.2, 0.25) is 10.0 Å². The largest absolute Gasteiger partial charge is 0.480 e. The van der Waals surface area contributed by atoms with Gasteiger partial charge in [-0.05, 0) is 38.0 Å². The molecule has 2 atom stereocenters. The monoisotopic (exact) mass is 382 g/mol. The van der Waals surface area contributed by atoms with E-state index in [0.29, 0.717) is 12.8 Å². The van der Waals surface area contributed by atoms with Gasteiger partial charge >= 0.3 is 5.97 Å². The highest BCUT2D eigenvalue weighted by molar-refractivity contribution is 7.89. The Kier molecular flexibility index (Phi) is 4.41. The maximum atomic E-state index is 13.1. The summed E-state index contributed by atoms with van der Waals surface area (Å²) < 4.78 is 28.0. The van der Waals surface area contributed by atoms with E-state index in [-0.39, 0.29) is 16.4 Å². The second-order valence-electron chi connectivity index (χ2n) is 7.51. The summed E-state index contributed by atoms with van der Waals surface area (Å²) in [5.74, 6) is -1.10. The van der Waals surface area contributed by atoms with Gasteiger partial charge in [0.25, 0.3) is 0 Å². The summed E-state index contributed by atoms with van der Waals surface area (Å²) in [4.78, 5) is 16.2. The third-order valence-electron chi connectivity index (χ3n) is 4.46. The number of hydrogen-bond acceptors (Lipinski definition) is 5. The average molecular weight is 383 g/mol. The molecule has 0 aliphatic carbocycles. The average Bonchev–Trinajstić information content (AvgIpc) is 3.09. The molecular formula is C17H22N2O4S2. The Hall–Kier alpha value is -1.51. The molecule has 136 valence electrons. The maximum Gasteiger partial charge on any atom is 0.322 e. The lowest BCUT2D eigenvalue weighted by Gasteiger charge is -2.25. The Morgan fingerprint density at radius 1 is 1.32 bits per heavy atom. The van der Waals surface area contributed by atoms with Crippen molar-refractivity contribution in [3.63, 3.8) is 0 Å². The predicted molar refractivity (Wildman–Crippen MR) is 97.5 cm³/mol. The van der Waals surface area contributed by atoms with Gasteiger partial charge in [0.05, 0.1) is 20.1 Å². The summed E-state index contributed by atoms with van der Waals surface area (Å²) in [6.07, 6.45) is 0.889. The molecule has 3 rings (SSSR count). The summed E-state index contributed by atoms with van der Waals surface area (Å²) >= 11 is 1.47. The maximum absolute atomic E-state index is 13.1. The highest BCUT2D eigenvalue weighted by atomic mass is 32.2. The summed E-state index contributed by atoms with van der Waals surface area (Å²) in [7, 11) is -3.87. The van der Waals surface area contributed by atoms with E-state index in [4.69, 9.17) is 0 Å². The van der Waals surface area contributed by atoms with Crippen LogP contribution in [0.15, 0.2) is 23.1 Å². The minimum Gasteiger partial charge on any atom is -0.480 e. The second-order valence-corrected chi connectivity index (χ2v) is 10.4. The Morgan fingerprint density at radius 3 is 2.60 bits per heavy atom. The zero-order valence-corrected chi connectivity index (χ0v) is 16.3. The second kappa shape index (κ2) is 6.03. The Labute approximate surface area is 151 Å². The van der Waals surface area contributed by atoms with Crippen molar-refractivity contribution in [2.45, 2.75) is 62.9 Å². The molecule has 1 aliphatic heterocycles. The van der Waals surface area contributed by atoms with E-state index in [9.17, 15) is 18.3 Å². The van der Waals surface area contributed by atoms with E-state index in [1.54, 1.807) is 19.1 Å². The van der Waals surface area contributed by atoms with Crippen molar-refractivity contribution in [2.75, 3.05) is 0 Å². The zero-order chi connectivity index (χ0) is 18.6. The molecular weight excluding hydrogens is 360 g/mol. The summed E-state index contributed by atoms with van der Waals surface area (Å²) in [5, 5.41) is 10.3. The Morgan fingerprint density at radius 2 is 2.00 bits per heavy atom. The standard InChI is InChI=1S/C17H22N2O4S2/c1-10-5-8-13(15(20)21)19(10)25(22,23)11-6-7-12-14(9-11)24-16(18-12)17(2,3)4/h6-7,9-10,13H,5,8H2,1-4H3,(H,20,21)/t10-,13-/m0/s1. The smallest absolute Gasteiger partial charge is 0.322 e. The SMILES string of the molecule is C[C@H]1CC[C@@H](C(=O)O)N1S(=O)(=O)c1ccc2nc(C(C)(C)C)sc2c1. The van der Waals surface area contributed by atoms with E-state index < -0.39 is 22.0 Å². The van der Waals surface area contributed by atoms with E-state index in [1.165, 1.54) is 17.4 Å². The van der Waals surface area contributed by atoms with Crippen LogP contribution in [0.1, 0.15) is 45.5 Å². The number of nitrogens with zero attached hydrogens (tertiary/aromatic N) is 2. The summed E-state index contributed by atoms with van der Waals surface area (Å²) in [5.41, 5.74) is 0.652. The quantitative estimate of drug-likeness (QED) is 0.881. The number of aromatic nitrogens is 1. The highest BCUT2D eigenvalue weighted by Crippen LogP contribution is 2.35. The first kappa shape index (κ1) is 18.3. The molecule has 2 heterocycles. The van der Waals surface area contributed by atoms with Crippen LogP contribution in [0.2, 0.25) is 0 Å². The van der Waals surface area contributed by atoms with Gasteiger partial charge in [0.15, 0.2) is 0 Å². The van der Waals surface area contributed by atoms with Gasteiger partial charge in [-0.3, -0.25) is 4.79 Å². The number of hydrogen-bond donors (Lipinski definition) is 1. The van der Waals surface area contributed by atoms with Crippen LogP contribution in [0.3, 0.4) is 0 Å². The van der Waals surface area contributed by atoms with E-state index in [0.717, 1.165) is 19.5 Å². The fourth-order valence-corrected chi connectivity index (χ4v) is 6.10. The molecule has 1 aromatic carbocycles. The van der Waals surface area contributed by atoms with E-state index in [2.05, 4.69) is 25.8 Å². The number of rotatable bonds is 3. The Bertz CT molecular complexity index is 928. The summed E-state index contributed by atoms with van der Waals surface area (Å²) in [6, 6.07) is 3.51. The first-order valence-corrected chi connectivity index (χ1v) is 10.4. The molecule has 0 saturated carbocycles. The van der Waals surface area contributed by atoms with Crippen LogP contribution in [0, 0.1) is 0 Å². The predicted octanol–water partition coefficient (Wildman–Crippen LogP) is 3.22. The van der Waals surface area contributed by atoms with Gasteiger partial charge in [-0.1, -0.05) is 20.8 Å². The minimum absolute atomic E-state index is 0.111. The molecule has 1 fully saturated rings. The van der Waals surface area contributed by atoms with Crippen LogP contribution in [-0.4, -0.2) is 40.9 Å². The zero-order valence-electron chi connectivity index (χ0n) is 14.7. The number of carboxylic acid groups (broad SMARTS) is 1. The molecule has 25 heavy (non-hydrogen) atoms. The minimum atomic E-state index is -3.87. The highest BCUT2D eigenvalue weighted by Gasteiger charge is 2.43. The molecule has 1 saturated heterocycles. The number of carbonyl (C=O) groups is 1. The van der Waals surface area contributed by atoms with Crippen LogP contribution >= 0.6 is 11.3 Å². The normalized spacial score (nSPS) is 22.6. The van der Waals surface area contributed by atoms with E-state index >= 15 is 0 Å². The summed E-state index contributed by atoms with van der Waals surface area (Å²) in [6.45, 7) is 7.94. The van der Waals surface area contributed by atoms with Crippen molar-refractivity contribution < 1.29 is 18.3 Å². The number of sulfonamides is 1. The molecule has 0 spiro atoms. The van der Waals surface area contributed by atoms with Crippen molar-refractivity contribution in [3.8, 4) is 0 Å². The third kappa shape index (κ3) is 3.18. The van der Waals surface area contributed by atoms with E-state index in [1.807, 2.05) is 0 Å². The van der Waals surface area contributed by atoms with Crippen LogP contribution in [0.25, 0.3) is 10.2 Å². The topological polar surface area (TPSA) is 87.6 Å². The molecule has 0 amide bonds. The number of benzene rings is 1. The fourth-order valence-electron chi connectivity index (χ4n) is 3.11. The first-order valence-electron chi connectivity index (χ1n) is 8.19. The molecule has 0 unspecified atom stereocenters. The molecule has 1 aromatic heterocycles. The van der Waals surface area contributed by atoms with Gasteiger partial charge in [-0.2, -0.15) is 4.31 Å². The lowest BCUT2D eigenvalue weighted by Crippen LogP contribution is -2.43. The molecule has 0 bridgehead atoms. The number of carboxylic acids is 1. The van der Waals surface area contributed by atoms with Crippen molar-refractivity contribution in [1.29, 1.82) is 0 Å². The van der Waals surface area contributed by atoms with Gasteiger partial charge in [0.1, 0.15) is 6.04 Å². The van der Waals surface area contributed by atoms with Crippen LogP contribution in [0.4, 0.5) is 0 Å². The fraction of sp³-hybridized carbons (Fsp3) is 0.529. The van der Waals surface area contributed by atoms with Crippen molar-refractivity contribution >= 4 is 37.5 Å². The Balaban J connectivity index is 2.06. The molecule has 8 heteroatoms. The lowest BCUT2D eigenvalue weighted by atomic mass is 9.98. The van der Waals surface area contributed by atoms with Gasteiger partial charge < -0.3 is 5.11 Å². The lowest BCUT2D eigenvalue weighted by molar-refractivity contribution is -0.140. The third-order valence-corrected chi connectivity index (χ3v) is 7.92. The molecule has 1 aliphatic rings. The van der Waals surface area contributed by atoms with Crippen molar-refractivity contribution in [1.82, 2.24) is 9.29 Å². The van der Waals surface area contributed by atoms with Gasteiger partial charge in [0, 0.05) is 11.5 Å². The molecule has 6 nitrogen and oxygen atoms in total. The van der Waals surface area contributed by atoms with Crippen molar-refractivity contribution in [3.05, 3.63) is 23.2 Å². The number of aliphatic carboxylic acids is 1. The first-order chi connectivity index (χ1) is 11.5. The van der Waals surface area contributed by atoms with Gasteiger partial charge in [-0.25, -0.2) is 13.4 Å². The van der Waals surface area contributed by atoms with Crippen molar-refractivity contribution in [2.24, 2.45) is 0 Å². The van der Waals surface area contributed by atoms with Gasteiger partial charge in [-0.15, -0.1) is 11.3 Å². The van der Waals surface area contributed by atoms with Crippen LogP contribution < -0.4 is 0 Å². The molecule has 0 radical (unpaired) electrons.